The van der Waals surface area contributed by atoms with Gasteiger partial charge in [0.05, 0.1) is 0 Å². The summed E-state index contributed by atoms with van der Waals surface area (Å²) in [6, 6.07) is 4.52. The highest BCUT2D eigenvalue weighted by Gasteiger charge is 2.26. The summed E-state index contributed by atoms with van der Waals surface area (Å²) in [6.45, 7) is 4.88. The molecule has 0 atom stereocenters. The van der Waals surface area contributed by atoms with Gasteiger partial charge in [-0.15, -0.1) is 0 Å². The minimum atomic E-state index is -0.516. The van der Waals surface area contributed by atoms with E-state index in [1.165, 1.54) is 18.9 Å². The van der Waals surface area contributed by atoms with E-state index < -0.39 is 11.6 Å². The maximum Gasteiger partial charge on any atom is 0.129 e. The molecule has 2 rings (SSSR count). The van der Waals surface area contributed by atoms with Crippen LogP contribution < -0.4 is 5.32 Å². The van der Waals surface area contributed by atoms with Crippen LogP contribution in [0, 0.1) is 11.6 Å². The third-order valence-corrected chi connectivity index (χ3v) is 3.42. The Hall–Kier alpha value is -0.960. The van der Waals surface area contributed by atoms with Gasteiger partial charge in [0, 0.05) is 12.1 Å². The molecule has 94 valence electrons. The van der Waals surface area contributed by atoms with Crippen molar-refractivity contribution in [1.29, 1.82) is 0 Å². The molecule has 1 aliphatic carbocycles. The first-order valence-electron chi connectivity index (χ1n) is 6.18. The van der Waals surface area contributed by atoms with Crippen LogP contribution in [0.2, 0.25) is 0 Å². The highest BCUT2D eigenvalue weighted by molar-refractivity contribution is 5.26. The fraction of sp³-hybridized carbons (Fsp3) is 0.571. The lowest BCUT2D eigenvalue weighted by molar-refractivity contribution is 0.430. The minimum absolute atomic E-state index is 0.264. The topological polar surface area (TPSA) is 12.0 Å². The molecule has 1 nitrogen and oxygen atoms in total. The van der Waals surface area contributed by atoms with Crippen LogP contribution in [0.15, 0.2) is 18.2 Å². The van der Waals surface area contributed by atoms with Gasteiger partial charge in [-0.25, -0.2) is 8.78 Å². The molecule has 1 fully saturated rings. The molecule has 1 N–H and O–H groups in total. The largest absolute Gasteiger partial charge is 0.314 e. The molecule has 17 heavy (non-hydrogen) atoms. The van der Waals surface area contributed by atoms with Crippen molar-refractivity contribution in [1.82, 2.24) is 5.32 Å². The molecule has 3 heteroatoms. The molecule has 0 unspecified atom stereocenters. The van der Waals surface area contributed by atoms with Crippen LogP contribution >= 0.6 is 0 Å². The second-order valence-electron chi connectivity index (χ2n) is 5.49. The number of rotatable bonds is 5. The standard InChI is InChI=1S/C14H19F2N/c1-14(2,7-8-17-11-4-5-11)12-6-3-10(15)9-13(12)16/h3,6,9,11,17H,4-5,7-8H2,1-2H3. The smallest absolute Gasteiger partial charge is 0.129 e. The SMILES string of the molecule is CC(C)(CCNC1CC1)c1ccc(F)cc1F. The van der Waals surface area contributed by atoms with Crippen LogP contribution in [0.25, 0.3) is 0 Å². The Balaban J connectivity index is 2.01. The van der Waals surface area contributed by atoms with Gasteiger partial charge in [0.2, 0.25) is 0 Å². The van der Waals surface area contributed by atoms with E-state index in [-0.39, 0.29) is 5.41 Å². The first kappa shape index (κ1) is 12.5. The summed E-state index contributed by atoms with van der Waals surface area (Å²) in [4.78, 5) is 0. The van der Waals surface area contributed by atoms with E-state index in [1.54, 1.807) is 6.07 Å². The molecule has 0 heterocycles. The molecule has 0 aromatic heterocycles. The fourth-order valence-electron chi connectivity index (χ4n) is 2.05. The van der Waals surface area contributed by atoms with Crippen LogP contribution in [0.3, 0.4) is 0 Å². The fourth-order valence-corrected chi connectivity index (χ4v) is 2.05. The average Bonchev–Trinajstić information content (AvgIpc) is 3.00. The summed E-state index contributed by atoms with van der Waals surface area (Å²) in [6.07, 6.45) is 3.36. The van der Waals surface area contributed by atoms with Crippen molar-refractivity contribution in [2.45, 2.75) is 44.6 Å². The number of nitrogens with one attached hydrogen (secondary N) is 1. The molecular weight excluding hydrogens is 220 g/mol. The second kappa shape index (κ2) is 4.73. The van der Waals surface area contributed by atoms with E-state index in [4.69, 9.17) is 0 Å². The lowest BCUT2D eigenvalue weighted by Gasteiger charge is -2.26. The zero-order valence-electron chi connectivity index (χ0n) is 10.4. The summed E-state index contributed by atoms with van der Waals surface area (Å²) in [5.41, 5.74) is 0.330. The Bertz CT molecular complexity index is 397. The zero-order valence-corrected chi connectivity index (χ0v) is 10.4. The molecule has 0 bridgehead atoms. The Morgan fingerprint density at radius 2 is 2.00 bits per heavy atom. The second-order valence-corrected chi connectivity index (χ2v) is 5.49. The van der Waals surface area contributed by atoms with Crippen molar-refractivity contribution in [2.24, 2.45) is 0 Å². The van der Waals surface area contributed by atoms with Crippen LogP contribution in [0.4, 0.5) is 8.78 Å². The molecule has 1 aliphatic rings. The van der Waals surface area contributed by atoms with E-state index in [0.29, 0.717) is 11.6 Å². The molecule has 0 aliphatic heterocycles. The van der Waals surface area contributed by atoms with Gasteiger partial charge in [-0.2, -0.15) is 0 Å². The van der Waals surface area contributed by atoms with Crippen molar-refractivity contribution in [3.05, 3.63) is 35.4 Å². The molecule has 1 saturated carbocycles. The van der Waals surface area contributed by atoms with Gasteiger partial charge in [0.1, 0.15) is 11.6 Å². The normalized spacial score (nSPS) is 16.2. The maximum absolute atomic E-state index is 13.7. The lowest BCUT2D eigenvalue weighted by Crippen LogP contribution is -2.27. The molecule has 0 amide bonds. The van der Waals surface area contributed by atoms with E-state index in [9.17, 15) is 8.78 Å². The summed E-state index contributed by atoms with van der Waals surface area (Å²) < 4.78 is 26.5. The Morgan fingerprint density at radius 3 is 2.59 bits per heavy atom. The van der Waals surface area contributed by atoms with Crippen molar-refractivity contribution < 1.29 is 8.78 Å². The monoisotopic (exact) mass is 239 g/mol. The van der Waals surface area contributed by atoms with Crippen LogP contribution in [-0.4, -0.2) is 12.6 Å². The maximum atomic E-state index is 13.7. The van der Waals surface area contributed by atoms with Crippen LogP contribution in [0.5, 0.6) is 0 Å². The Labute approximate surface area is 101 Å². The summed E-state index contributed by atoms with van der Waals surface area (Å²) in [5.74, 6) is -0.959. The minimum Gasteiger partial charge on any atom is -0.314 e. The summed E-state index contributed by atoms with van der Waals surface area (Å²) >= 11 is 0. The average molecular weight is 239 g/mol. The van der Waals surface area contributed by atoms with Gasteiger partial charge >= 0.3 is 0 Å². The predicted octanol–water partition coefficient (Wildman–Crippen LogP) is 3.38. The summed E-state index contributed by atoms with van der Waals surface area (Å²) in [7, 11) is 0. The molecule has 0 saturated heterocycles. The van der Waals surface area contributed by atoms with Crippen LogP contribution in [0.1, 0.15) is 38.7 Å². The number of hydrogen-bond donors (Lipinski definition) is 1. The van der Waals surface area contributed by atoms with Crippen molar-refractivity contribution in [2.75, 3.05) is 6.54 Å². The summed E-state index contributed by atoms with van der Waals surface area (Å²) in [5, 5.41) is 3.42. The quantitative estimate of drug-likeness (QED) is 0.830. The molecule has 1 aromatic rings. The zero-order chi connectivity index (χ0) is 12.5. The molecular formula is C14H19F2N. The third-order valence-electron chi connectivity index (χ3n) is 3.42. The van der Waals surface area contributed by atoms with E-state index in [1.807, 2.05) is 13.8 Å². The van der Waals surface area contributed by atoms with E-state index in [0.717, 1.165) is 19.0 Å². The van der Waals surface area contributed by atoms with Gasteiger partial charge in [-0.3, -0.25) is 0 Å². The predicted molar refractivity (Wildman–Crippen MR) is 65.0 cm³/mol. The first-order chi connectivity index (χ1) is 7.99. The van der Waals surface area contributed by atoms with Gasteiger partial charge in [-0.1, -0.05) is 19.9 Å². The van der Waals surface area contributed by atoms with Gasteiger partial charge in [0.25, 0.3) is 0 Å². The molecule has 0 radical (unpaired) electrons. The molecule has 0 spiro atoms. The van der Waals surface area contributed by atoms with Crippen LogP contribution in [-0.2, 0) is 5.41 Å². The third kappa shape index (κ3) is 3.25. The van der Waals surface area contributed by atoms with E-state index in [2.05, 4.69) is 5.32 Å². The van der Waals surface area contributed by atoms with Crippen molar-refractivity contribution >= 4 is 0 Å². The van der Waals surface area contributed by atoms with Gasteiger partial charge < -0.3 is 5.32 Å². The van der Waals surface area contributed by atoms with Crippen molar-refractivity contribution in [3.63, 3.8) is 0 Å². The number of benzene rings is 1. The lowest BCUT2D eigenvalue weighted by atomic mass is 9.81. The van der Waals surface area contributed by atoms with E-state index >= 15 is 0 Å². The first-order valence-corrected chi connectivity index (χ1v) is 6.18. The Morgan fingerprint density at radius 1 is 1.29 bits per heavy atom. The molecule has 1 aromatic carbocycles. The van der Waals surface area contributed by atoms with Gasteiger partial charge in [-0.05, 0) is 42.9 Å². The van der Waals surface area contributed by atoms with Crippen molar-refractivity contribution in [3.8, 4) is 0 Å². The highest BCUT2D eigenvalue weighted by Crippen LogP contribution is 2.29. The number of halogens is 2. The van der Waals surface area contributed by atoms with Gasteiger partial charge in [0.15, 0.2) is 0 Å². The Kier molecular flexibility index (Phi) is 3.48. The highest BCUT2D eigenvalue weighted by atomic mass is 19.1. The number of hydrogen-bond acceptors (Lipinski definition) is 1.